The molecule has 0 unspecified atom stereocenters. The largest absolute Gasteiger partial charge is 0.494 e. The Morgan fingerprint density at radius 2 is 1.78 bits per heavy atom. The fourth-order valence-corrected chi connectivity index (χ4v) is 2.40. The van der Waals surface area contributed by atoms with Crippen LogP contribution in [0.15, 0.2) is 46.9 Å². The molecule has 0 saturated heterocycles. The lowest BCUT2D eigenvalue weighted by Crippen LogP contribution is -2.12. The van der Waals surface area contributed by atoms with Crippen molar-refractivity contribution in [3.8, 4) is 28.7 Å². The summed E-state index contributed by atoms with van der Waals surface area (Å²) in [5.41, 5.74) is 1.09. The molecule has 2 aromatic carbocycles. The van der Waals surface area contributed by atoms with Gasteiger partial charge in [0.05, 0.1) is 20.8 Å². The molecule has 8 heteroatoms. The number of carbonyl (C=O) groups is 1. The molecule has 0 aliphatic rings. The molecule has 0 spiro atoms. The second-order valence-electron chi connectivity index (χ2n) is 5.39. The van der Waals surface area contributed by atoms with Gasteiger partial charge in [-0.25, -0.2) is 0 Å². The molecule has 1 amide bonds. The fraction of sp³-hybridized carbons (Fsp3) is 0.211. The van der Waals surface area contributed by atoms with E-state index in [2.05, 4.69) is 15.5 Å². The Bertz CT molecular complexity index is 921. The van der Waals surface area contributed by atoms with Crippen molar-refractivity contribution < 1.29 is 23.4 Å². The van der Waals surface area contributed by atoms with Gasteiger partial charge in [-0.1, -0.05) is 5.10 Å². The van der Waals surface area contributed by atoms with E-state index >= 15 is 0 Å². The van der Waals surface area contributed by atoms with Crippen LogP contribution in [0, 0.1) is 0 Å². The number of nitrogens with zero attached hydrogens (tertiary/aromatic N) is 2. The molecule has 0 atom stereocenters. The Morgan fingerprint density at radius 3 is 2.44 bits per heavy atom. The summed E-state index contributed by atoms with van der Waals surface area (Å²) in [4.78, 5) is 12.3. The number of hydrogen-bond donors (Lipinski definition) is 1. The Balaban J connectivity index is 1.73. The monoisotopic (exact) mass is 369 g/mol. The van der Waals surface area contributed by atoms with Crippen molar-refractivity contribution >= 4 is 11.9 Å². The van der Waals surface area contributed by atoms with Gasteiger partial charge in [0.1, 0.15) is 5.75 Å². The average molecular weight is 369 g/mol. The number of rotatable bonds is 7. The topological polar surface area (TPSA) is 95.7 Å². The van der Waals surface area contributed by atoms with Crippen LogP contribution in [-0.2, 0) is 0 Å². The molecule has 0 fully saturated rings. The number of hydrogen-bond acceptors (Lipinski definition) is 7. The molecule has 3 rings (SSSR count). The van der Waals surface area contributed by atoms with Crippen LogP contribution in [-0.4, -0.2) is 36.9 Å². The van der Waals surface area contributed by atoms with E-state index in [1.807, 2.05) is 6.92 Å². The van der Waals surface area contributed by atoms with Gasteiger partial charge < -0.3 is 18.6 Å². The van der Waals surface area contributed by atoms with Crippen LogP contribution >= 0.6 is 0 Å². The third kappa shape index (κ3) is 4.17. The predicted octanol–water partition coefficient (Wildman–Crippen LogP) is 3.40. The highest BCUT2D eigenvalue weighted by molar-refractivity contribution is 6.03. The maximum Gasteiger partial charge on any atom is 0.322 e. The summed E-state index contributed by atoms with van der Waals surface area (Å²) < 4.78 is 21.3. The van der Waals surface area contributed by atoms with E-state index in [0.29, 0.717) is 35.0 Å². The van der Waals surface area contributed by atoms with Gasteiger partial charge in [0.15, 0.2) is 11.5 Å². The number of aromatic nitrogens is 2. The lowest BCUT2D eigenvalue weighted by molar-refractivity contribution is 0.102. The summed E-state index contributed by atoms with van der Waals surface area (Å²) in [6, 6.07) is 12.0. The van der Waals surface area contributed by atoms with Gasteiger partial charge in [0, 0.05) is 11.1 Å². The first-order chi connectivity index (χ1) is 13.1. The van der Waals surface area contributed by atoms with Gasteiger partial charge in [0.25, 0.3) is 5.91 Å². The summed E-state index contributed by atoms with van der Waals surface area (Å²) in [5.74, 6) is 1.71. The van der Waals surface area contributed by atoms with Crippen molar-refractivity contribution in [2.24, 2.45) is 0 Å². The standard InChI is InChI=1S/C19H19N3O5/c1-4-26-14-8-5-12(6-9-14)17(23)20-19-22-21-18(27-19)13-7-10-15(24-2)16(11-13)25-3/h5-11H,4H2,1-3H3,(H,20,22,23). The van der Waals surface area contributed by atoms with Crippen LogP contribution in [0.4, 0.5) is 6.01 Å². The number of nitrogens with one attached hydrogen (secondary N) is 1. The first-order valence-electron chi connectivity index (χ1n) is 8.24. The fourth-order valence-electron chi connectivity index (χ4n) is 2.40. The molecular weight excluding hydrogens is 350 g/mol. The number of amides is 1. The van der Waals surface area contributed by atoms with E-state index in [0.717, 1.165) is 0 Å². The smallest absolute Gasteiger partial charge is 0.322 e. The Kier molecular flexibility index (Phi) is 5.55. The maximum atomic E-state index is 12.3. The molecule has 8 nitrogen and oxygen atoms in total. The zero-order valence-corrected chi connectivity index (χ0v) is 15.2. The maximum absolute atomic E-state index is 12.3. The molecule has 3 aromatic rings. The molecule has 0 aliphatic carbocycles. The minimum Gasteiger partial charge on any atom is -0.494 e. The van der Waals surface area contributed by atoms with Crippen LogP contribution in [0.25, 0.3) is 11.5 Å². The van der Waals surface area contributed by atoms with E-state index in [9.17, 15) is 4.79 Å². The Morgan fingerprint density at radius 1 is 1.04 bits per heavy atom. The highest BCUT2D eigenvalue weighted by Crippen LogP contribution is 2.32. The number of anilines is 1. The van der Waals surface area contributed by atoms with Gasteiger partial charge in [-0.2, -0.15) is 0 Å². The molecule has 140 valence electrons. The highest BCUT2D eigenvalue weighted by atomic mass is 16.5. The molecule has 0 bridgehead atoms. The first kappa shape index (κ1) is 18.2. The lowest BCUT2D eigenvalue weighted by Gasteiger charge is -2.07. The number of carbonyl (C=O) groups excluding carboxylic acids is 1. The van der Waals surface area contributed by atoms with Crippen LogP contribution in [0.3, 0.4) is 0 Å². The van der Waals surface area contributed by atoms with Crippen LogP contribution in [0.1, 0.15) is 17.3 Å². The summed E-state index contributed by atoms with van der Waals surface area (Å²) in [7, 11) is 3.09. The molecule has 1 heterocycles. The van der Waals surface area contributed by atoms with E-state index in [4.69, 9.17) is 18.6 Å². The summed E-state index contributed by atoms with van der Waals surface area (Å²) >= 11 is 0. The number of benzene rings is 2. The quantitative estimate of drug-likeness (QED) is 0.682. The third-order valence-electron chi connectivity index (χ3n) is 3.70. The first-order valence-corrected chi connectivity index (χ1v) is 8.24. The summed E-state index contributed by atoms with van der Waals surface area (Å²) in [6.45, 7) is 2.46. The van der Waals surface area contributed by atoms with Crippen molar-refractivity contribution in [3.63, 3.8) is 0 Å². The zero-order chi connectivity index (χ0) is 19.2. The summed E-state index contributed by atoms with van der Waals surface area (Å²) in [6.07, 6.45) is 0. The number of methoxy groups -OCH3 is 2. The second-order valence-corrected chi connectivity index (χ2v) is 5.39. The SMILES string of the molecule is CCOc1ccc(C(=O)Nc2nnc(-c3ccc(OC)c(OC)c3)o2)cc1. The molecule has 27 heavy (non-hydrogen) atoms. The highest BCUT2D eigenvalue weighted by Gasteiger charge is 2.14. The van der Waals surface area contributed by atoms with Gasteiger partial charge in [-0.15, -0.1) is 5.10 Å². The van der Waals surface area contributed by atoms with E-state index in [1.165, 1.54) is 7.11 Å². The predicted molar refractivity (Wildman–Crippen MR) is 98.4 cm³/mol. The molecule has 1 N–H and O–H groups in total. The van der Waals surface area contributed by atoms with E-state index < -0.39 is 0 Å². The van der Waals surface area contributed by atoms with Crippen LogP contribution in [0.2, 0.25) is 0 Å². The normalized spacial score (nSPS) is 10.3. The molecule has 1 aromatic heterocycles. The van der Waals surface area contributed by atoms with E-state index in [-0.39, 0.29) is 17.8 Å². The van der Waals surface area contributed by atoms with Crippen LogP contribution in [0.5, 0.6) is 17.2 Å². The van der Waals surface area contributed by atoms with Crippen LogP contribution < -0.4 is 19.5 Å². The third-order valence-corrected chi connectivity index (χ3v) is 3.70. The van der Waals surface area contributed by atoms with Gasteiger partial charge >= 0.3 is 6.01 Å². The Labute approximate surface area is 156 Å². The molecule has 0 radical (unpaired) electrons. The minimum absolute atomic E-state index is 0.00123. The molecule has 0 saturated carbocycles. The van der Waals surface area contributed by atoms with Crippen molar-refractivity contribution in [1.82, 2.24) is 10.2 Å². The van der Waals surface area contributed by atoms with E-state index in [1.54, 1.807) is 49.6 Å². The van der Waals surface area contributed by atoms with Gasteiger partial charge in [0.2, 0.25) is 5.89 Å². The second kappa shape index (κ2) is 8.22. The summed E-state index contributed by atoms with van der Waals surface area (Å²) in [5, 5.41) is 10.4. The van der Waals surface area contributed by atoms with Gasteiger partial charge in [-0.3, -0.25) is 10.1 Å². The zero-order valence-electron chi connectivity index (χ0n) is 15.2. The molecule has 0 aliphatic heterocycles. The average Bonchev–Trinajstić information content (AvgIpc) is 3.16. The van der Waals surface area contributed by atoms with Crippen molar-refractivity contribution in [3.05, 3.63) is 48.0 Å². The lowest BCUT2D eigenvalue weighted by atomic mass is 10.2. The van der Waals surface area contributed by atoms with Crippen molar-refractivity contribution in [2.75, 3.05) is 26.1 Å². The molecular formula is C19H19N3O5. The van der Waals surface area contributed by atoms with Crippen molar-refractivity contribution in [1.29, 1.82) is 0 Å². The Hall–Kier alpha value is -3.55. The van der Waals surface area contributed by atoms with Gasteiger partial charge in [-0.05, 0) is 49.4 Å². The minimum atomic E-state index is -0.361. The number of ether oxygens (including phenoxy) is 3. The van der Waals surface area contributed by atoms with Crippen molar-refractivity contribution in [2.45, 2.75) is 6.92 Å².